The van der Waals surface area contributed by atoms with Gasteiger partial charge in [0.1, 0.15) is 5.69 Å². The van der Waals surface area contributed by atoms with E-state index in [1.165, 1.54) is 18.2 Å². The van der Waals surface area contributed by atoms with Gasteiger partial charge in [0.25, 0.3) is 11.6 Å². The molecule has 1 amide bonds. The second-order valence-corrected chi connectivity index (χ2v) is 4.13. The van der Waals surface area contributed by atoms with Crippen LogP contribution in [-0.4, -0.2) is 30.0 Å². The van der Waals surface area contributed by atoms with E-state index in [1.54, 1.807) is 6.92 Å². The van der Waals surface area contributed by atoms with E-state index in [4.69, 9.17) is 5.73 Å². The number of benzene rings is 1. The number of nitrogens with two attached hydrogens (primary N) is 1. The Bertz CT molecular complexity index is 476. The molecule has 0 fully saturated rings. The lowest BCUT2D eigenvalue weighted by Crippen LogP contribution is -2.26. The molecule has 0 aromatic heterocycles. The number of nitro benzene ring substituents is 1. The quantitative estimate of drug-likeness (QED) is 0.527. The van der Waals surface area contributed by atoms with Crippen molar-refractivity contribution in [3.05, 3.63) is 33.9 Å². The highest BCUT2D eigenvalue weighted by Gasteiger charge is 2.17. The average molecular weight is 266 g/mol. The smallest absolute Gasteiger partial charge is 0.292 e. The first-order chi connectivity index (χ1) is 8.99. The van der Waals surface area contributed by atoms with Crippen molar-refractivity contribution in [3.8, 4) is 0 Å². The molecular weight excluding hydrogens is 248 g/mol. The van der Waals surface area contributed by atoms with Crippen LogP contribution in [-0.2, 0) is 0 Å². The van der Waals surface area contributed by atoms with E-state index in [2.05, 4.69) is 10.6 Å². The van der Waals surface area contributed by atoms with E-state index in [0.717, 1.165) is 0 Å². The number of nitrogens with one attached hydrogen (secondary N) is 2. The highest BCUT2D eigenvalue weighted by Crippen LogP contribution is 2.26. The fraction of sp³-hybridized carbons (Fsp3) is 0.417. The number of carbonyl (C=O) groups is 1. The van der Waals surface area contributed by atoms with E-state index in [9.17, 15) is 14.9 Å². The summed E-state index contributed by atoms with van der Waals surface area (Å²) in [6.07, 6.45) is 0. The van der Waals surface area contributed by atoms with Crippen molar-refractivity contribution in [1.82, 2.24) is 5.32 Å². The first kappa shape index (κ1) is 14.9. The third-order valence-electron chi connectivity index (χ3n) is 2.55. The summed E-state index contributed by atoms with van der Waals surface area (Å²) in [5.74, 6) is -0.263. The van der Waals surface area contributed by atoms with Gasteiger partial charge in [-0.1, -0.05) is 0 Å². The van der Waals surface area contributed by atoms with Crippen LogP contribution >= 0.6 is 0 Å². The van der Waals surface area contributed by atoms with Crippen LogP contribution in [0.3, 0.4) is 0 Å². The number of amides is 1. The third-order valence-corrected chi connectivity index (χ3v) is 2.55. The van der Waals surface area contributed by atoms with Crippen LogP contribution < -0.4 is 16.4 Å². The van der Waals surface area contributed by atoms with Gasteiger partial charge in [-0.3, -0.25) is 14.9 Å². The van der Waals surface area contributed by atoms with E-state index in [0.29, 0.717) is 24.3 Å². The Morgan fingerprint density at radius 1 is 1.53 bits per heavy atom. The monoisotopic (exact) mass is 266 g/mol. The number of nitro groups is 1. The van der Waals surface area contributed by atoms with Crippen LogP contribution in [0.25, 0.3) is 0 Å². The minimum absolute atomic E-state index is 0.0756. The SMILES string of the molecule is CCNC(=O)c1ccc([N+](=O)[O-])c(NC(C)CN)c1. The summed E-state index contributed by atoms with van der Waals surface area (Å²) in [4.78, 5) is 22.1. The molecule has 0 aliphatic rings. The van der Waals surface area contributed by atoms with Crippen molar-refractivity contribution in [2.24, 2.45) is 5.73 Å². The number of nitrogens with zero attached hydrogens (tertiary/aromatic N) is 1. The Kier molecular flexibility index (Phi) is 5.25. The van der Waals surface area contributed by atoms with Crippen LogP contribution in [0.5, 0.6) is 0 Å². The summed E-state index contributed by atoms with van der Waals surface area (Å²) in [5.41, 5.74) is 6.08. The molecule has 0 saturated heterocycles. The molecule has 1 unspecified atom stereocenters. The maximum atomic E-state index is 11.7. The van der Waals surface area contributed by atoms with Crippen molar-refractivity contribution < 1.29 is 9.72 Å². The summed E-state index contributed by atoms with van der Waals surface area (Å²) in [6.45, 7) is 4.45. The van der Waals surface area contributed by atoms with Crippen molar-refractivity contribution in [2.45, 2.75) is 19.9 Å². The fourth-order valence-electron chi connectivity index (χ4n) is 1.54. The molecule has 7 nitrogen and oxygen atoms in total. The predicted molar refractivity (Wildman–Crippen MR) is 73.2 cm³/mol. The number of hydrogen-bond donors (Lipinski definition) is 3. The highest BCUT2D eigenvalue weighted by molar-refractivity contribution is 5.95. The van der Waals surface area contributed by atoms with Crippen LogP contribution in [0, 0.1) is 10.1 Å². The zero-order chi connectivity index (χ0) is 14.4. The van der Waals surface area contributed by atoms with Gasteiger partial charge in [0.2, 0.25) is 0 Å². The van der Waals surface area contributed by atoms with E-state index >= 15 is 0 Å². The van der Waals surface area contributed by atoms with Gasteiger partial charge in [-0.05, 0) is 26.0 Å². The molecule has 19 heavy (non-hydrogen) atoms. The van der Waals surface area contributed by atoms with Gasteiger partial charge in [0, 0.05) is 30.8 Å². The maximum Gasteiger partial charge on any atom is 0.292 e. The Morgan fingerprint density at radius 3 is 2.74 bits per heavy atom. The molecule has 0 aliphatic heterocycles. The molecular formula is C12H18N4O3. The number of anilines is 1. The molecule has 0 radical (unpaired) electrons. The second kappa shape index (κ2) is 6.69. The van der Waals surface area contributed by atoms with Crippen LogP contribution in [0.15, 0.2) is 18.2 Å². The van der Waals surface area contributed by atoms with Crippen molar-refractivity contribution >= 4 is 17.3 Å². The van der Waals surface area contributed by atoms with Gasteiger partial charge in [0.15, 0.2) is 0 Å². The van der Waals surface area contributed by atoms with E-state index in [1.807, 2.05) is 6.92 Å². The van der Waals surface area contributed by atoms with Crippen molar-refractivity contribution in [3.63, 3.8) is 0 Å². The standard InChI is InChI=1S/C12H18N4O3/c1-3-14-12(17)9-4-5-11(16(18)19)10(6-9)15-8(2)7-13/h4-6,8,15H,3,7,13H2,1-2H3,(H,14,17). The number of hydrogen-bond acceptors (Lipinski definition) is 5. The number of rotatable bonds is 6. The maximum absolute atomic E-state index is 11.7. The lowest BCUT2D eigenvalue weighted by Gasteiger charge is -2.14. The molecule has 104 valence electrons. The summed E-state index contributed by atoms with van der Waals surface area (Å²) >= 11 is 0. The molecule has 0 heterocycles. The Labute approximate surface area is 111 Å². The summed E-state index contributed by atoms with van der Waals surface area (Å²) in [7, 11) is 0. The van der Waals surface area contributed by atoms with E-state index < -0.39 is 4.92 Å². The second-order valence-electron chi connectivity index (χ2n) is 4.13. The molecule has 4 N–H and O–H groups in total. The van der Waals surface area contributed by atoms with Gasteiger partial charge in [-0.2, -0.15) is 0 Å². The summed E-state index contributed by atoms with van der Waals surface area (Å²) < 4.78 is 0. The molecule has 0 spiro atoms. The predicted octanol–water partition coefficient (Wildman–Crippen LogP) is 1.10. The summed E-state index contributed by atoms with van der Waals surface area (Å²) in [5, 5.41) is 16.5. The Hall–Kier alpha value is -2.15. The molecule has 1 aromatic carbocycles. The van der Waals surface area contributed by atoms with Gasteiger partial charge in [0.05, 0.1) is 4.92 Å². The molecule has 1 rings (SSSR count). The van der Waals surface area contributed by atoms with Gasteiger partial charge in [-0.25, -0.2) is 0 Å². The number of carbonyl (C=O) groups excluding carboxylic acids is 1. The molecule has 0 bridgehead atoms. The minimum Gasteiger partial charge on any atom is -0.376 e. The van der Waals surface area contributed by atoms with Crippen molar-refractivity contribution in [2.75, 3.05) is 18.4 Å². The van der Waals surface area contributed by atoms with Gasteiger partial charge >= 0.3 is 0 Å². The lowest BCUT2D eigenvalue weighted by molar-refractivity contribution is -0.384. The normalized spacial score (nSPS) is 11.7. The Balaban J connectivity index is 3.10. The van der Waals surface area contributed by atoms with Gasteiger partial charge < -0.3 is 16.4 Å². The fourth-order valence-corrected chi connectivity index (χ4v) is 1.54. The molecule has 1 atom stereocenters. The average Bonchev–Trinajstić information content (AvgIpc) is 2.38. The van der Waals surface area contributed by atoms with Crippen LogP contribution in [0.4, 0.5) is 11.4 Å². The van der Waals surface area contributed by atoms with Crippen LogP contribution in [0.1, 0.15) is 24.2 Å². The first-order valence-corrected chi connectivity index (χ1v) is 6.02. The lowest BCUT2D eigenvalue weighted by atomic mass is 10.1. The van der Waals surface area contributed by atoms with Crippen LogP contribution in [0.2, 0.25) is 0 Å². The molecule has 1 aromatic rings. The molecule has 0 saturated carbocycles. The minimum atomic E-state index is -0.493. The first-order valence-electron chi connectivity index (χ1n) is 6.02. The van der Waals surface area contributed by atoms with Crippen molar-refractivity contribution in [1.29, 1.82) is 0 Å². The molecule has 7 heteroatoms. The zero-order valence-electron chi connectivity index (χ0n) is 11.0. The van der Waals surface area contributed by atoms with E-state index in [-0.39, 0.29) is 17.6 Å². The van der Waals surface area contributed by atoms with Gasteiger partial charge in [-0.15, -0.1) is 0 Å². The molecule has 0 aliphatic carbocycles. The zero-order valence-corrected chi connectivity index (χ0v) is 11.0. The largest absolute Gasteiger partial charge is 0.376 e. The highest BCUT2D eigenvalue weighted by atomic mass is 16.6. The summed E-state index contributed by atoms with van der Waals surface area (Å²) in [6, 6.07) is 4.09. The topological polar surface area (TPSA) is 110 Å². The Morgan fingerprint density at radius 2 is 2.21 bits per heavy atom. The third kappa shape index (κ3) is 3.92.